The van der Waals surface area contributed by atoms with Crippen LogP contribution in [0.1, 0.15) is 18.4 Å². The zero-order valence-electron chi connectivity index (χ0n) is 14.7. The molecule has 1 aromatic carbocycles. The van der Waals surface area contributed by atoms with E-state index in [1.807, 2.05) is 24.4 Å². The van der Waals surface area contributed by atoms with E-state index in [0.717, 1.165) is 44.0 Å². The number of nitrogens with one attached hydrogen (secondary N) is 1. The number of fused-ring (bicyclic) bond motifs is 4. The van der Waals surface area contributed by atoms with Crippen molar-refractivity contribution in [2.45, 2.75) is 19.3 Å². The SMILES string of the molecule is Fc1ccc2cc1-c1cnn3ccc(nc13)NCCN1CCC(CC1)C2. The van der Waals surface area contributed by atoms with Crippen LogP contribution in [0, 0.1) is 11.7 Å². The van der Waals surface area contributed by atoms with Gasteiger partial charge in [0.25, 0.3) is 0 Å². The lowest BCUT2D eigenvalue weighted by Crippen LogP contribution is -2.37. The maximum atomic E-state index is 14.6. The van der Waals surface area contributed by atoms with Gasteiger partial charge in [-0.25, -0.2) is 13.9 Å². The minimum Gasteiger partial charge on any atom is -0.369 e. The molecule has 1 N–H and O–H groups in total. The van der Waals surface area contributed by atoms with Crippen molar-refractivity contribution in [2.75, 3.05) is 31.5 Å². The lowest BCUT2D eigenvalue weighted by Gasteiger charge is -2.32. The van der Waals surface area contributed by atoms with Crippen molar-refractivity contribution in [1.29, 1.82) is 0 Å². The van der Waals surface area contributed by atoms with Crippen molar-refractivity contribution in [1.82, 2.24) is 19.5 Å². The number of hydrogen-bond donors (Lipinski definition) is 1. The molecule has 26 heavy (non-hydrogen) atoms. The van der Waals surface area contributed by atoms with Crippen LogP contribution in [-0.4, -0.2) is 45.7 Å². The normalized spacial score (nSPS) is 22.8. The molecule has 6 heteroatoms. The van der Waals surface area contributed by atoms with E-state index in [4.69, 9.17) is 0 Å². The van der Waals surface area contributed by atoms with Crippen LogP contribution in [0.15, 0.2) is 36.7 Å². The first-order valence-electron chi connectivity index (χ1n) is 9.36. The van der Waals surface area contributed by atoms with Gasteiger partial charge in [-0.15, -0.1) is 0 Å². The smallest absolute Gasteiger partial charge is 0.165 e. The molecule has 134 valence electrons. The molecule has 0 atom stereocenters. The fraction of sp³-hybridized carbons (Fsp3) is 0.400. The summed E-state index contributed by atoms with van der Waals surface area (Å²) in [6.07, 6.45) is 7.01. The van der Waals surface area contributed by atoms with Crippen LogP contribution in [0.5, 0.6) is 0 Å². The number of hydrogen-bond acceptors (Lipinski definition) is 4. The van der Waals surface area contributed by atoms with E-state index in [1.165, 1.54) is 18.4 Å². The van der Waals surface area contributed by atoms with Crippen LogP contribution in [0.3, 0.4) is 0 Å². The molecule has 0 saturated carbocycles. The van der Waals surface area contributed by atoms with Gasteiger partial charge in [0.05, 0.1) is 6.20 Å². The zero-order valence-corrected chi connectivity index (χ0v) is 14.7. The van der Waals surface area contributed by atoms with Crippen LogP contribution >= 0.6 is 0 Å². The first-order valence-corrected chi connectivity index (χ1v) is 9.36. The minimum absolute atomic E-state index is 0.219. The zero-order chi connectivity index (χ0) is 17.5. The molecule has 0 radical (unpaired) electrons. The van der Waals surface area contributed by atoms with Crippen LogP contribution in [0.2, 0.25) is 0 Å². The molecule has 1 fully saturated rings. The summed E-state index contributed by atoms with van der Waals surface area (Å²) < 4.78 is 16.3. The van der Waals surface area contributed by atoms with Crippen LogP contribution < -0.4 is 5.32 Å². The topological polar surface area (TPSA) is 45.5 Å². The van der Waals surface area contributed by atoms with E-state index in [0.29, 0.717) is 17.1 Å². The first kappa shape index (κ1) is 15.8. The standard InChI is InChI=1S/C20H22FN5/c21-18-2-1-15-11-14-3-7-25(8-4-14)10-6-22-19-5-9-26-20(24-19)17(13-23-26)16(18)12-15/h1-2,5,9,12-14H,3-4,6-8,10-11H2,(H,22,24). The van der Waals surface area contributed by atoms with E-state index in [1.54, 1.807) is 16.8 Å². The number of nitrogens with zero attached hydrogens (tertiary/aromatic N) is 4. The monoisotopic (exact) mass is 351 g/mol. The number of benzene rings is 1. The number of aromatic nitrogens is 3. The molecule has 2 aromatic heterocycles. The highest BCUT2D eigenvalue weighted by Crippen LogP contribution is 2.30. The molecule has 6 bridgehead atoms. The summed E-state index contributed by atoms with van der Waals surface area (Å²) in [5, 5.41) is 7.75. The third-order valence-corrected chi connectivity index (χ3v) is 5.66. The Kier molecular flexibility index (Phi) is 3.85. The summed E-state index contributed by atoms with van der Waals surface area (Å²) in [6, 6.07) is 7.42. The number of anilines is 1. The maximum Gasteiger partial charge on any atom is 0.165 e. The Hall–Kier alpha value is -2.47. The van der Waals surface area contributed by atoms with E-state index >= 15 is 0 Å². The Morgan fingerprint density at radius 3 is 2.85 bits per heavy atom. The summed E-state index contributed by atoms with van der Waals surface area (Å²) >= 11 is 0. The number of halogens is 1. The quantitative estimate of drug-likeness (QED) is 0.675. The highest BCUT2D eigenvalue weighted by molar-refractivity contribution is 5.78. The summed E-state index contributed by atoms with van der Waals surface area (Å²) in [6.45, 7) is 4.16. The molecular formula is C20H22FN5. The van der Waals surface area contributed by atoms with Crippen molar-refractivity contribution in [3.63, 3.8) is 0 Å². The van der Waals surface area contributed by atoms with E-state index in [-0.39, 0.29) is 5.82 Å². The van der Waals surface area contributed by atoms with Gasteiger partial charge in [-0.05, 0) is 62.0 Å². The third-order valence-electron chi connectivity index (χ3n) is 5.66. The van der Waals surface area contributed by atoms with Crippen LogP contribution in [0.25, 0.3) is 16.8 Å². The summed E-state index contributed by atoms with van der Waals surface area (Å²) in [7, 11) is 0. The highest BCUT2D eigenvalue weighted by Gasteiger charge is 2.21. The lowest BCUT2D eigenvalue weighted by atomic mass is 9.89. The van der Waals surface area contributed by atoms with Gasteiger partial charge in [0, 0.05) is 30.4 Å². The van der Waals surface area contributed by atoms with Gasteiger partial charge in [0.1, 0.15) is 11.6 Å². The Morgan fingerprint density at radius 1 is 1.08 bits per heavy atom. The molecule has 5 nitrogen and oxygen atoms in total. The van der Waals surface area contributed by atoms with Crippen molar-refractivity contribution in [3.8, 4) is 11.1 Å². The van der Waals surface area contributed by atoms with Gasteiger partial charge < -0.3 is 10.2 Å². The van der Waals surface area contributed by atoms with Gasteiger partial charge in [0.2, 0.25) is 0 Å². The van der Waals surface area contributed by atoms with Crippen molar-refractivity contribution in [3.05, 3.63) is 48.0 Å². The average Bonchev–Trinajstić information content (AvgIpc) is 3.07. The largest absolute Gasteiger partial charge is 0.369 e. The van der Waals surface area contributed by atoms with E-state index in [2.05, 4.69) is 20.3 Å². The lowest BCUT2D eigenvalue weighted by molar-refractivity contribution is 0.190. The van der Waals surface area contributed by atoms with E-state index in [9.17, 15) is 4.39 Å². The molecule has 1 saturated heterocycles. The second kappa shape index (κ2) is 6.36. The van der Waals surface area contributed by atoms with Crippen molar-refractivity contribution < 1.29 is 4.39 Å². The summed E-state index contributed by atoms with van der Waals surface area (Å²) in [4.78, 5) is 7.20. The Balaban J connectivity index is 1.63. The molecule has 3 aliphatic rings. The maximum absolute atomic E-state index is 14.6. The fourth-order valence-electron chi connectivity index (χ4n) is 4.15. The molecule has 6 rings (SSSR count). The average molecular weight is 351 g/mol. The molecule has 0 unspecified atom stereocenters. The minimum atomic E-state index is -0.219. The van der Waals surface area contributed by atoms with Crippen molar-refractivity contribution >= 4 is 11.5 Å². The second-order valence-corrected chi connectivity index (χ2v) is 7.37. The predicted molar refractivity (Wildman–Crippen MR) is 99.7 cm³/mol. The van der Waals surface area contributed by atoms with Crippen LogP contribution in [-0.2, 0) is 6.42 Å². The Labute approximate surface area is 151 Å². The number of rotatable bonds is 0. The van der Waals surface area contributed by atoms with Gasteiger partial charge in [-0.3, -0.25) is 0 Å². The molecule has 3 aromatic rings. The fourth-order valence-corrected chi connectivity index (χ4v) is 4.15. The highest BCUT2D eigenvalue weighted by atomic mass is 19.1. The molecule has 5 heterocycles. The van der Waals surface area contributed by atoms with Crippen molar-refractivity contribution in [2.24, 2.45) is 5.92 Å². The molecule has 3 aliphatic heterocycles. The van der Waals surface area contributed by atoms with Gasteiger partial charge in [0.15, 0.2) is 5.65 Å². The van der Waals surface area contributed by atoms with Gasteiger partial charge in [-0.2, -0.15) is 5.10 Å². The summed E-state index contributed by atoms with van der Waals surface area (Å²) in [5.74, 6) is 1.26. The molecular weight excluding hydrogens is 329 g/mol. The predicted octanol–water partition coefficient (Wildman–Crippen LogP) is 3.22. The van der Waals surface area contributed by atoms with E-state index < -0.39 is 0 Å². The molecule has 0 aliphatic carbocycles. The van der Waals surface area contributed by atoms with Crippen LogP contribution in [0.4, 0.5) is 10.2 Å². The third kappa shape index (κ3) is 2.84. The molecule has 0 amide bonds. The molecule has 0 spiro atoms. The first-order chi connectivity index (χ1) is 12.8. The second-order valence-electron chi connectivity index (χ2n) is 7.37. The summed E-state index contributed by atoms with van der Waals surface area (Å²) in [5.41, 5.74) is 3.22. The van der Waals surface area contributed by atoms with Gasteiger partial charge >= 0.3 is 0 Å². The Bertz CT molecular complexity index is 943. The van der Waals surface area contributed by atoms with Gasteiger partial charge in [-0.1, -0.05) is 6.07 Å². The Morgan fingerprint density at radius 2 is 1.96 bits per heavy atom. The number of piperidine rings is 1.